The Bertz CT molecular complexity index is 1010. The van der Waals surface area contributed by atoms with Gasteiger partial charge < -0.3 is 14.8 Å². The van der Waals surface area contributed by atoms with Gasteiger partial charge >= 0.3 is 0 Å². The van der Waals surface area contributed by atoms with Crippen LogP contribution in [0.2, 0.25) is 0 Å². The highest BCUT2D eigenvalue weighted by Gasteiger charge is 2.21. The number of aromatic amines is 1. The van der Waals surface area contributed by atoms with Crippen molar-refractivity contribution in [2.75, 3.05) is 7.11 Å². The second-order valence-corrected chi connectivity index (χ2v) is 7.81. The minimum atomic E-state index is -0.146. The molecule has 2 N–H and O–H groups in total. The van der Waals surface area contributed by atoms with E-state index in [1.54, 1.807) is 23.5 Å². The van der Waals surface area contributed by atoms with Crippen LogP contribution in [-0.4, -0.2) is 22.2 Å². The zero-order valence-corrected chi connectivity index (χ0v) is 15.4. The van der Waals surface area contributed by atoms with Crippen molar-refractivity contribution in [2.24, 2.45) is 0 Å². The number of phenolic OH excluding ortho intramolecular Hbond substituents is 1. The van der Waals surface area contributed by atoms with Crippen molar-refractivity contribution < 1.29 is 9.84 Å². The lowest BCUT2D eigenvalue weighted by Crippen LogP contribution is -2.11. The van der Waals surface area contributed by atoms with Gasteiger partial charge in [-0.15, -0.1) is 11.3 Å². The zero-order chi connectivity index (χ0) is 16.8. The molecule has 2 heterocycles. The third-order valence-electron chi connectivity index (χ3n) is 4.34. The minimum absolute atomic E-state index is 0.0375. The van der Waals surface area contributed by atoms with E-state index in [1.165, 1.54) is 12.0 Å². The number of aromatic nitrogens is 2. The van der Waals surface area contributed by atoms with Gasteiger partial charge in [-0.2, -0.15) is 0 Å². The number of benzene rings is 1. The molecule has 0 saturated heterocycles. The van der Waals surface area contributed by atoms with E-state index in [4.69, 9.17) is 4.74 Å². The number of H-pyrrole nitrogens is 1. The number of hydrogen-bond donors (Lipinski definition) is 2. The van der Waals surface area contributed by atoms with E-state index in [2.05, 4.69) is 25.9 Å². The maximum absolute atomic E-state index is 12.6. The summed E-state index contributed by atoms with van der Waals surface area (Å²) < 4.78 is 5.91. The summed E-state index contributed by atoms with van der Waals surface area (Å²) in [7, 11) is 1.48. The molecule has 0 aliphatic heterocycles. The van der Waals surface area contributed by atoms with Gasteiger partial charge in [0.15, 0.2) is 11.5 Å². The number of aromatic hydroxyl groups is 1. The Balaban J connectivity index is 1.96. The number of aryl methyl sites for hydroxylation is 2. The highest BCUT2D eigenvalue weighted by atomic mass is 79.9. The molecule has 0 fully saturated rings. The molecule has 3 aromatic rings. The number of methoxy groups -OCH3 is 1. The first kappa shape index (κ1) is 15.7. The first-order valence-electron chi connectivity index (χ1n) is 7.70. The van der Waals surface area contributed by atoms with E-state index >= 15 is 0 Å². The van der Waals surface area contributed by atoms with E-state index in [0.29, 0.717) is 22.5 Å². The molecule has 2 aromatic heterocycles. The largest absolute Gasteiger partial charge is 0.504 e. The molecular formula is C17H15BrN2O3S. The lowest BCUT2D eigenvalue weighted by Gasteiger charge is -2.10. The second kappa shape index (κ2) is 5.89. The van der Waals surface area contributed by atoms with Crippen molar-refractivity contribution in [3.8, 4) is 22.9 Å². The molecule has 1 aliphatic rings. The van der Waals surface area contributed by atoms with Gasteiger partial charge in [0, 0.05) is 9.35 Å². The highest BCUT2D eigenvalue weighted by molar-refractivity contribution is 9.10. The molecule has 5 nitrogen and oxygen atoms in total. The average molecular weight is 407 g/mol. The lowest BCUT2D eigenvalue weighted by atomic mass is 9.97. The molecule has 0 bridgehead atoms. The Hall–Kier alpha value is -1.86. The molecule has 7 heteroatoms. The van der Waals surface area contributed by atoms with E-state index in [0.717, 1.165) is 40.5 Å². The fourth-order valence-electron chi connectivity index (χ4n) is 3.20. The summed E-state index contributed by atoms with van der Waals surface area (Å²) >= 11 is 4.98. The molecule has 0 radical (unpaired) electrons. The number of rotatable bonds is 2. The summed E-state index contributed by atoms with van der Waals surface area (Å²) in [5, 5.41) is 11.1. The number of fused-ring (bicyclic) bond motifs is 3. The lowest BCUT2D eigenvalue weighted by molar-refractivity contribution is 0.374. The number of thiophene rings is 1. The van der Waals surface area contributed by atoms with Crippen LogP contribution < -0.4 is 10.3 Å². The van der Waals surface area contributed by atoms with Crippen LogP contribution in [0.5, 0.6) is 11.5 Å². The van der Waals surface area contributed by atoms with Gasteiger partial charge in [-0.05, 0) is 43.4 Å². The van der Waals surface area contributed by atoms with Gasteiger partial charge in [-0.1, -0.05) is 15.9 Å². The fraction of sp³-hybridized carbons (Fsp3) is 0.294. The van der Waals surface area contributed by atoms with Crippen molar-refractivity contribution in [3.63, 3.8) is 0 Å². The van der Waals surface area contributed by atoms with Crippen LogP contribution >= 0.6 is 27.3 Å². The summed E-state index contributed by atoms with van der Waals surface area (Å²) in [6.07, 6.45) is 4.23. The van der Waals surface area contributed by atoms with Crippen molar-refractivity contribution in [2.45, 2.75) is 25.7 Å². The first-order valence-corrected chi connectivity index (χ1v) is 9.31. The number of ether oxygens (including phenoxy) is 1. The first-order chi connectivity index (χ1) is 11.6. The predicted octanol–water partition coefficient (Wildman–Crippen LogP) is 4.01. The van der Waals surface area contributed by atoms with Crippen LogP contribution in [-0.2, 0) is 12.8 Å². The van der Waals surface area contributed by atoms with E-state index < -0.39 is 0 Å². The van der Waals surface area contributed by atoms with Crippen molar-refractivity contribution in [1.82, 2.24) is 9.97 Å². The Kier molecular flexibility index (Phi) is 3.85. The normalized spacial score (nSPS) is 13.9. The van der Waals surface area contributed by atoms with Gasteiger partial charge in [0.1, 0.15) is 10.7 Å². The molecule has 0 unspecified atom stereocenters. The van der Waals surface area contributed by atoms with Crippen molar-refractivity contribution >= 4 is 37.5 Å². The maximum Gasteiger partial charge on any atom is 0.260 e. The quantitative estimate of drug-likeness (QED) is 0.673. The monoisotopic (exact) mass is 406 g/mol. The van der Waals surface area contributed by atoms with E-state index in [-0.39, 0.29) is 11.3 Å². The third kappa shape index (κ3) is 2.43. The van der Waals surface area contributed by atoms with Crippen LogP contribution in [0.15, 0.2) is 21.4 Å². The number of nitrogens with zero attached hydrogens (tertiary/aromatic N) is 1. The van der Waals surface area contributed by atoms with Crippen LogP contribution in [0.3, 0.4) is 0 Å². The van der Waals surface area contributed by atoms with Crippen LogP contribution in [0, 0.1) is 0 Å². The van der Waals surface area contributed by atoms with E-state index in [1.807, 2.05) is 0 Å². The third-order valence-corrected chi connectivity index (χ3v) is 5.98. The highest BCUT2D eigenvalue weighted by Crippen LogP contribution is 2.40. The van der Waals surface area contributed by atoms with Crippen LogP contribution in [0.25, 0.3) is 21.6 Å². The molecule has 124 valence electrons. The number of halogens is 1. The average Bonchev–Trinajstić information content (AvgIpc) is 2.95. The van der Waals surface area contributed by atoms with Crippen molar-refractivity contribution in [1.29, 1.82) is 0 Å². The summed E-state index contributed by atoms with van der Waals surface area (Å²) in [4.78, 5) is 22.1. The standard InChI is InChI=1S/C17H15BrN2O3S/c1-23-11-7-8(18)6-10(14(11)21)15-19-16(22)13-9-4-2-3-5-12(9)24-17(13)20-15/h6-7,21H,2-5H2,1H3,(H,19,20,22). The Morgan fingerprint density at radius 1 is 1.33 bits per heavy atom. The van der Waals surface area contributed by atoms with Gasteiger partial charge in [0.05, 0.1) is 18.1 Å². The van der Waals surface area contributed by atoms with Gasteiger partial charge in [0.2, 0.25) is 0 Å². The van der Waals surface area contributed by atoms with Crippen LogP contribution in [0.4, 0.5) is 0 Å². The molecule has 0 saturated carbocycles. The van der Waals surface area contributed by atoms with Gasteiger partial charge in [-0.25, -0.2) is 4.98 Å². The summed E-state index contributed by atoms with van der Waals surface area (Å²) in [6.45, 7) is 0. The molecule has 1 aromatic carbocycles. The predicted molar refractivity (Wildman–Crippen MR) is 98.2 cm³/mol. The summed E-state index contributed by atoms with van der Waals surface area (Å²) in [6, 6.07) is 3.38. The smallest absolute Gasteiger partial charge is 0.260 e. The zero-order valence-electron chi connectivity index (χ0n) is 13.0. The summed E-state index contributed by atoms with van der Waals surface area (Å²) in [5.74, 6) is 0.639. The molecule has 0 atom stereocenters. The maximum atomic E-state index is 12.6. The van der Waals surface area contributed by atoms with Crippen molar-refractivity contribution in [3.05, 3.63) is 37.4 Å². The number of phenols is 1. The molecular weight excluding hydrogens is 392 g/mol. The van der Waals surface area contributed by atoms with Gasteiger partial charge in [-0.3, -0.25) is 4.79 Å². The Morgan fingerprint density at radius 2 is 2.12 bits per heavy atom. The Labute approximate surface area is 150 Å². The number of nitrogens with one attached hydrogen (secondary N) is 1. The fourth-order valence-corrected chi connectivity index (χ4v) is 4.90. The molecule has 24 heavy (non-hydrogen) atoms. The van der Waals surface area contributed by atoms with Crippen LogP contribution in [0.1, 0.15) is 23.3 Å². The molecule has 1 aliphatic carbocycles. The topological polar surface area (TPSA) is 75.2 Å². The minimum Gasteiger partial charge on any atom is -0.504 e. The van der Waals surface area contributed by atoms with E-state index in [9.17, 15) is 9.90 Å². The second-order valence-electron chi connectivity index (χ2n) is 5.81. The Morgan fingerprint density at radius 3 is 2.92 bits per heavy atom. The summed E-state index contributed by atoms with van der Waals surface area (Å²) in [5.41, 5.74) is 1.44. The molecule has 0 spiro atoms. The SMILES string of the molecule is COc1cc(Br)cc(-c2nc3sc4c(c3c(=O)[nH]2)CCCC4)c1O. The van der Waals surface area contributed by atoms with Gasteiger partial charge in [0.25, 0.3) is 5.56 Å². The number of hydrogen-bond acceptors (Lipinski definition) is 5. The molecule has 4 rings (SSSR count). The molecule has 0 amide bonds.